The van der Waals surface area contributed by atoms with Crippen molar-refractivity contribution >= 4 is 41.2 Å². The lowest BCUT2D eigenvalue weighted by atomic mass is 9.88. The summed E-state index contributed by atoms with van der Waals surface area (Å²) in [5.74, 6) is 3.43. The van der Waals surface area contributed by atoms with E-state index in [9.17, 15) is 28.2 Å². The molecule has 320 valence electrons. The fraction of sp³-hybridized carbons (Fsp3) is 0.791. The number of terminal acetylenes is 1. The van der Waals surface area contributed by atoms with E-state index in [2.05, 4.69) is 66.5 Å². The number of nitrogens with zero attached hydrogens (tertiary/aromatic N) is 1. The Hall–Kier alpha value is -3.04. The molecule has 1 saturated heterocycles. The number of amides is 4. The fourth-order valence-corrected chi connectivity index (χ4v) is 6.44. The zero-order chi connectivity index (χ0) is 43.4. The number of hydrogen-bond acceptors (Lipinski definition) is 7. The van der Waals surface area contributed by atoms with Gasteiger partial charge in [-0.25, -0.2) is 4.79 Å². The molecule has 0 aromatic rings. The Kier molecular flexibility index (Phi) is 30.9. The normalized spacial score (nSPS) is 18.9. The highest BCUT2D eigenvalue weighted by Gasteiger charge is 2.37. The van der Waals surface area contributed by atoms with Crippen molar-refractivity contribution in [2.75, 3.05) is 25.9 Å². The molecule has 55 heavy (non-hydrogen) atoms. The maximum absolute atomic E-state index is 12.3. The molecule has 12 heteroatoms. The number of aldehydes is 1. The van der Waals surface area contributed by atoms with Crippen LogP contribution in [0.3, 0.4) is 0 Å². The number of Topliss-reactive ketones (excluding diaryl/α,β-unsaturated/α-hetero) is 1. The number of likely N-dealkylation sites (tertiary alicyclic amines) is 1. The Morgan fingerprint density at radius 1 is 1.00 bits per heavy atom. The zero-order valence-corrected chi connectivity index (χ0v) is 38.0. The van der Waals surface area contributed by atoms with E-state index in [1.165, 1.54) is 51.1 Å². The predicted molar refractivity (Wildman–Crippen MR) is 231 cm³/mol. The summed E-state index contributed by atoms with van der Waals surface area (Å²) < 4.78 is 12.0. The van der Waals surface area contributed by atoms with Crippen molar-refractivity contribution in [2.45, 2.75) is 176 Å². The smallest absolute Gasteiger partial charge is 0.315 e. The maximum Gasteiger partial charge on any atom is 0.315 e. The Labute approximate surface area is 339 Å². The van der Waals surface area contributed by atoms with Gasteiger partial charge in [0.1, 0.15) is 6.29 Å². The first kappa shape index (κ1) is 56.3. The number of hydrogen-bond donors (Lipinski definition) is 4. The molecule has 2 rings (SSSR count). The van der Waals surface area contributed by atoms with Gasteiger partial charge in [0.15, 0.2) is 0 Å². The summed E-state index contributed by atoms with van der Waals surface area (Å²) in [6, 6.07) is -0.979. The average Bonchev–Trinajstić information content (AvgIpc) is 3.92. The van der Waals surface area contributed by atoms with Crippen LogP contribution >= 0.6 is 0 Å². The van der Waals surface area contributed by atoms with E-state index < -0.39 is 46.1 Å². The van der Waals surface area contributed by atoms with Gasteiger partial charge in [-0.3, -0.25) is 18.6 Å². The number of unbranched alkanes of at least 4 members (excludes halogenated alkanes) is 2. The molecule has 0 spiro atoms. The molecule has 1 heterocycles. The Balaban J connectivity index is -0.000000709. The third-order valence-electron chi connectivity index (χ3n) is 9.39. The van der Waals surface area contributed by atoms with Crippen molar-refractivity contribution in [1.29, 1.82) is 0 Å². The largest absolute Gasteiger partial charge is 0.348 e. The van der Waals surface area contributed by atoms with Gasteiger partial charge in [-0.1, -0.05) is 80.7 Å². The lowest BCUT2D eigenvalue weighted by molar-refractivity contribution is -0.139. The molecule has 2 fully saturated rings. The van der Waals surface area contributed by atoms with E-state index in [1.54, 1.807) is 0 Å². The van der Waals surface area contributed by atoms with Gasteiger partial charge < -0.3 is 31.0 Å². The van der Waals surface area contributed by atoms with Crippen LogP contribution in [0.1, 0.15) is 148 Å². The van der Waals surface area contributed by atoms with Crippen molar-refractivity contribution in [3.63, 3.8) is 0 Å². The highest BCUT2D eigenvalue weighted by Crippen LogP contribution is 2.42. The van der Waals surface area contributed by atoms with Gasteiger partial charge in [0.2, 0.25) is 12.2 Å². The van der Waals surface area contributed by atoms with Crippen molar-refractivity contribution in [3.8, 4) is 12.3 Å². The number of carbonyl (C=O) groups excluding carboxylic acids is 5. The topological polar surface area (TPSA) is 154 Å². The van der Waals surface area contributed by atoms with Gasteiger partial charge in [0.25, 0.3) is 5.91 Å². The van der Waals surface area contributed by atoms with Gasteiger partial charge in [-0.05, 0) is 91.0 Å². The van der Waals surface area contributed by atoms with E-state index in [1.807, 2.05) is 69.2 Å². The monoisotopic (exact) mass is 796 g/mol. The molecule has 1 saturated carbocycles. The Bertz CT molecular complexity index is 1180. The molecular weight excluding hydrogens is 715 g/mol. The van der Waals surface area contributed by atoms with E-state index in [0.717, 1.165) is 24.2 Å². The van der Waals surface area contributed by atoms with Crippen LogP contribution in [-0.2, 0) is 30.0 Å². The molecular formula is C43H81N5O6S. The second-order valence-electron chi connectivity index (χ2n) is 16.5. The van der Waals surface area contributed by atoms with Crippen molar-refractivity contribution in [2.24, 2.45) is 17.3 Å². The summed E-state index contributed by atoms with van der Waals surface area (Å²) in [5.41, 5.74) is -0.927. The quantitative estimate of drug-likeness (QED) is 0.0538. The molecule has 2 aliphatic rings. The third-order valence-corrected chi connectivity index (χ3v) is 11.7. The van der Waals surface area contributed by atoms with Crippen molar-refractivity contribution < 1.29 is 28.2 Å². The van der Waals surface area contributed by atoms with Crippen LogP contribution in [0.15, 0.2) is 12.7 Å². The second-order valence-corrected chi connectivity index (χ2v) is 18.7. The summed E-state index contributed by atoms with van der Waals surface area (Å²) in [4.78, 5) is 58.9. The highest BCUT2D eigenvalue weighted by atomic mass is 32.2. The van der Waals surface area contributed by atoms with E-state index in [0.29, 0.717) is 25.0 Å². The number of urea groups is 1. The second kappa shape index (κ2) is 30.1. The van der Waals surface area contributed by atoms with Gasteiger partial charge in [0, 0.05) is 46.9 Å². The first-order valence-electron chi connectivity index (χ1n) is 20.3. The summed E-state index contributed by atoms with van der Waals surface area (Å²) in [6.07, 6.45) is 17.4. The minimum absolute atomic E-state index is 0.202. The lowest BCUT2D eigenvalue weighted by Gasteiger charge is -2.34. The van der Waals surface area contributed by atoms with Crippen molar-refractivity contribution in [3.05, 3.63) is 12.7 Å². The highest BCUT2D eigenvalue weighted by molar-refractivity contribution is 7.86. The first-order valence-corrected chi connectivity index (χ1v) is 21.6. The van der Waals surface area contributed by atoms with Crippen LogP contribution in [0, 0.1) is 29.6 Å². The first-order chi connectivity index (χ1) is 25.6. The minimum Gasteiger partial charge on any atom is -0.348 e. The number of nitrogens with one attached hydrogen (secondary N) is 4. The van der Waals surface area contributed by atoms with E-state index in [4.69, 9.17) is 6.42 Å². The molecule has 0 aromatic heterocycles. The van der Waals surface area contributed by atoms with Crippen LogP contribution in [0.4, 0.5) is 4.79 Å². The number of rotatable bonds is 17. The summed E-state index contributed by atoms with van der Waals surface area (Å²) >= 11 is 0. The Morgan fingerprint density at radius 3 is 1.91 bits per heavy atom. The maximum atomic E-state index is 12.3. The third kappa shape index (κ3) is 26.4. The summed E-state index contributed by atoms with van der Waals surface area (Å²) in [6.45, 7) is 31.0. The SMILES string of the molecule is C#CCCC(NC=O)C(=O)C(=O)NCC=C.CC.CC1CC(C2CC2)CN1C.CCC(C)(CS(=O)C(C)(C)C)NC(=O)NC(C=O)C(C)(C)C.CCCCC. The standard InChI is InChI=1S/C16H32N2O3S.C11H14N2O3.C9H17N.C5H12.C2H6/c1-9-16(8,11-22(21)15(5,6)7)18-13(20)17-12(10-19)14(2,3)4;1-3-5-6-9(13-8-14)10(15)11(16)12-7-4-2;1-7-5-9(6-10(7)2)8-3-4-8;1-3-5-4-2;1-2/h10,12H,9,11H2,1-8H3,(H2,17,18,20);1,4,8-9H,2,5-7H2,(H,12,16)(H,13,14);7-9H,3-6H2,1-2H3;3-5H2,1-2H3;1-2H3. The van der Waals surface area contributed by atoms with Gasteiger partial charge in [-0.2, -0.15) is 0 Å². The van der Waals surface area contributed by atoms with Crippen LogP contribution in [0.2, 0.25) is 0 Å². The molecule has 6 atom stereocenters. The van der Waals surface area contributed by atoms with E-state index in [-0.39, 0.29) is 23.1 Å². The van der Waals surface area contributed by atoms with Gasteiger partial charge in [0.05, 0.1) is 17.6 Å². The minimum atomic E-state index is -1.07. The molecule has 4 amide bonds. The molecule has 11 nitrogen and oxygen atoms in total. The molecule has 1 aliphatic heterocycles. The van der Waals surface area contributed by atoms with Crippen LogP contribution < -0.4 is 21.3 Å². The number of carbonyl (C=O) groups is 5. The van der Waals surface area contributed by atoms with Crippen LogP contribution in [0.5, 0.6) is 0 Å². The molecule has 4 N–H and O–H groups in total. The predicted octanol–water partition coefficient (Wildman–Crippen LogP) is 6.96. The van der Waals surface area contributed by atoms with Crippen LogP contribution in [-0.4, -0.2) is 93.8 Å². The molecule has 6 unspecified atom stereocenters. The van der Waals surface area contributed by atoms with Gasteiger partial charge >= 0.3 is 6.03 Å². The summed E-state index contributed by atoms with van der Waals surface area (Å²) in [7, 11) is 1.19. The van der Waals surface area contributed by atoms with Crippen molar-refractivity contribution in [1.82, 2.24) is 26.2 Å². The van der Waals surface area contributed by atoms with Crippen LogP contribution in [0.25, 0.3) is 0 Å². The van der Waals surface area contributed by atoms with E-state index >= 15 is 0 Å². The molecule has 0 aromatic carbocycles. The Morgan fingerprint density at radius 2 is 1.56 bits per heavy atom. The average molecular weight is 796 g/mol. The number of ketones is 1. The molecule has 1 aliphatic carbocycles. The lowest BCUT2D eigenvalue weighted by Crippen LogP contribution is -2.57. The zero-order valence-electron chi connectivity index (χ0n) is 37.2. The fourth-order valence-electron chi connectivity index (χ4n) is 5.15. The van der Waals surface area contributed by atoms with Gasteiger partial charge in [-0.15, -0.1) is 18.9 Å². The summed E-state index contributed by atoms with van der Waals surface area (Å²) in [5, 5.41) is 10.2. The molecule has 0 radical (unpaired) electrons. The molecule has 0 bridgehead atoms.